The summed E-state index contributed by atoms with van der Waals surface area (Å²) in [6.07, 6.45) is 2.87. The van der Waals surface area contributed by atoms with Gasteiger partial charge in [-0.05, 0) is 24.6 Å². The van der Waals surface area contributed by atoms with Crippen molar-refractivity contribution in [1.29, 1.82) is 0 Å². The van der Waals surface area contributed by atoms with Gasteiger partial charge in [0.1, 0.15) is 0 Å². The van der Waals surface area contributed by atoms with Gasteiger partial charge in [-0.2, -0.15) is 0 Å². The van der Waals surface area contributed by atoms with Crippen LogP contribution >= 0.6 is 23.2 Å². The summed E-state index contributed by atoms with van der Waals surface area (Å²) in [5.74, 6) is 0.0176. The average Bonchev–Trinajstić information content (AvgIpc) is 2.67. The van der Waals surface area contributed by atoms with Gasteiger partial charge in [-0.15, -0.1) is 6.58 Å². The van der Waals surface area contributed by atoms with Gasteiger partial charge in [-0.25, -0.2) is 0 Å². The molecule has 0 atom stereocenters. The average molecular weight is 313 g/mol. The first-order valence-corrected chi connectivity index (χ1v) is 7.45. The maximum absolute atomic E-state index is 12.5. The van der Waals surface area contributed by atoms with Gasteiger partial charge < -0.3 is 4.90 Å². The molecule has 1 amide bonds. The van der Waals surface area contributed by atoms with Crippen molar-refractivity contribution < 1.29 is 4.79 Å². The van der Waals surface area contributed by atoms with Crippen molar-refractivity contribution in [2.24, 2.45) is 0 Å². The monoisotopic (exact) mass is 312 g/mol. The number of halogens is 2. The Morgan fingerprint density at radius 1 is 1.20 bits per heavy atom. The van der Waals surface area contributed by atoms with E-state index < -0.39 is 0 Å². The number of benzene rings is 1. The smallest absolute Gasteiger partial charge is 0.253 e. The van der Waals surface area contributed by atoms with Crippen LogP contribution in [0.4, 0.5) is 0 Å². The first-order chi connectivity index (χ1) is 9.61. The van der Waals surface area contributed by atoms with E-state index in [4.69, 9.17) is 23.2 Å². The summed E-state index contributed by atoms with van der Waals surface area (Å²) in [6.45, 7) is 8.00. The number of nitrogens with zero attached hydrogens (tertiary/aromatic N) is 2. The lowest BCUT2D eigenvalue weighted by Gasteiger charge is -2.21. The molecule has 1 aromatic carbocycles. The minimum absolute atomic E-state index is 0.0176. The predicted molar refractivity (Wildman–Crippen MR) is 83.6 cm³/mol. The lowest BCUT2D eigenvalue weighted by molar-refractivity contribution is 0.0762. The van der Waals surface area contributed by atoms with Crippen LogP contribution in [0.15, 0.2) is 30.9 Å². The summed E-state index contributed by atoms with van der Waals surface area (Å²) in [6, 6.07) is 5.03. The molecule has 0 unspecified atom stereocenters. The Kier molecular flexibility index (Phi) is 5.46. The molecule has 2 rings (SSSR count). The lowest BCUT2D eigenvalue weighted by atomic mass is 10.2. The number of hydrogen-bond donors (Lipinski definition) is 0. The van der Waals surface area contributed by atoms with Crippen LogP contribution in [-0.4, -0.2) is 48.4 Å². The third-order valence-corrected chi connectivity index (χ3v) is 4.17. The van der Waals surface area contributed by atoms with E-state index in [1.807, 2.05) is 11.0 Å². The quantitative estimate of drug-likeness (QED) is 0.799. The molecule has 1 heterocycles. The first kappa shape index (κ1) is 15.4. The molecule has 0 aromatic heterocycles. The van der Waals surface area contributed by atoms with E-state index in [0.29, 0.717) is 15.6 Å². The fraction of sp³-hybridized carbons (Fsp3) is 0.400. The van der Waals surface area contributed by atoms with Crippen LogP contribution in [0.5, 0.6) is 0 Å². The molecule has 0 aliphatic carbocycles. The SMILES string of the molecule is C=CCN1CCCN(C(=O)c2ccc(Cl)c(Cl)c2)CC1. The van der Waals surface area contributed by atoms with Gasteiger partial charge in [-0.1, -0.05) is 29.3 Å². The highest BCUT2D eigenvalue weighted by Crippen LogP contribution is 2.23. The standard InChI is InChI=1S/C15H18Cl2N2O/c1-2-6-18-7-3-8-19(10-9-18)15(20)12-4-5-13(16)14(17)11-12/h2,4-5,11H,1,3,6-10H2. The van der Waals surface area contributed by atoms with E-state index in [1.165, 1.54) is 0 Å². The lowest BCUT2D eigenvalue weighted by Crippen LogP contribution is -2.35. The van der Waals surface area contributed by atoms with Crippen molar-refractivity contribution >= 4 is 29.1 Å². The van der Waals surface area contributed by atoms with Gasteiger partial charge in [-0.3, -0.25) is 9.69 Å². The van der Waals surface area contributed by atoms with Crippen LogP contribution in [-0.2, 0) is 0 Å². The van der Waals surface area contributed by atoms with E-state index in [0.717, 1.165) is 39.1 Å². The topological polar surface area (TPSA) is 23.6 Å². The second-order valence-electron chi connectivity index (χ2n) is 4.86. The maximum atomic E-state index is 12.5. The largest absolute Gasteiger partial charge is 0.337 e. The first-order valence-electron chi connectivity index (χ1n) is 6.69. The third kappa shape index (κ3) is 3.75. The molecule has 0 saturated carbocycles. The summed E-state index contributed by atoms with van der Waals surface area (Å²) >= 11 is 11.8. The minimum atomic E-state index is 0.0176. The minimum Gasteiger partial charge on any atom is -0.337 e. The Labute approximate surface area is 129 Å². The van der Waals surface area contributed by atoms with Crippen LogP contribution in [0.3, 0.4) is 0 Å². The second kappa shape index (κ2) is 7.11. The van der Waals surface area contributed by atoms with Gasteiger partial charge in [0.15, 0.2) is 0 Å². The Bertz CT molecular complexity index is 505. The second-order valence-corrected chi connectivity index (χ2v) is 5.68. The molecule has 108 valence electrons. The van der Waals surface area contributed by atoms with Crippen LogP contribution in [0.1, 0.15) is 16.8 Å². The van der Waals surface area contributed by atoms with Crippen molar-refractivity contribution in [3.8, 4) is 0 Å². The van der Waals surface area contributed by atoms with E-state index in [-0.39, 0.29) is 5.91 Å². The fourth-order valence-electron chi connectivity index (χ4n) is 2.35. The molecule has 5 heteroatoms. The molecule has 1 aromatic rings. The van der Waals surface area contributed by atoms with Gasteiger partial charge >= 0.3 is 0 Å². The highest BCUT2D eigenvalue weighted by Gasteiger charge is 2.20. The summed E-state index contributed by atoms with van der Waals surface area (Å²) in [7, 11) is 0. The Morgan fingerprint density at radius 3 is 2.70 bits per heavy atom. The predicted octanol–water partition coefficient (Wildman–Crippen LogP) is 3.33. The van der Waals surface area contributed by atoms with Gasteiger partial charge in [0.2, 0.25) is 0 Å². The van der Waals surface area contributed by atoms with Crippen molar-refractivity contribution in [3.63, 3.8) is 0 Å². The van der Waals surface area contributed by atoms with E-state index in [1.54, 1.807) is 18.2 Å². The number of rotatable bonds is 3. The molecule has 3 nitrogen and oxygen atoms in total. The van der Waals surface area contributed by atoms with Crippen molar-refractivity contribution in [2.45, 2.75) is 6.42 Å². The zero-order valence-electron chi connectivity index (χ0n) is 11.3. The van der Waals surface area contributed by atoms with Gasteiger partial charge in [0, 0.05) is 38.3 Å². The summed E-state index contributed by atoms with van der Waals surface area (Å²) in [5.41, 5.74) is 0.594. The van der Waals surface area contributed by atoms with E-state index >= 15 is 0 Å². The molecule has 1 fully saturated rings. The Balaban J connectivity index is 2.05. The molecule has 1 aliphatic heterocycles. The third-order valence-electron chi connectivity index (χ3n) is 3.43. The number of carbonyl (C=O) groups is 1. The van der Waals surface area contributed by atoms with Gasteiger partial charge in [0.25, 0.3) is 5.91 Å². The molecule has 1 saturated heterocycles. The Hall–Kier alpha value is -1.03. The number of carbonyl (C=O) groups excluding carboxylic acids is 1. The highest BCUT2D eigenvalue weighted by atomic mass is 35.5. The molecule has 0 bridgehead atoms. The van der Waals surface area contributed by atoms with Gasteiger partial charge in [0.05, 0.1) is 10.0 Å². The van der Waals surface area contributed by atoms with Crippen molar-refractivity contribution in [1.82, 2.24) is 9.80 Å². The molecule has 0 spiro atoms. The summed E-state index contributed by atoms with van der Waals surface area (Å²) < 4.78 is 0. The fourth-order valence-corrected chi connectivity index (χ4v) is 2.65. The molecular weight excluding hydrogens is 295 g/mol. The summed E-state index contributed by atoms with van der Waals surface area (Å²) in [5, 5.41) is 0.886. The van der Waals surface area contributed by atoms with Crippen LogP contribution in [0.25, 0.3) is 0 Å². The van der Waals surface area contributed by atoms with Crippen LogP contribution in [0.2, 0.25) is 10.0 Å². The molecule has 0 N–H and O–H groups in total. The molecule has 0 radical (unpaired) electrons. The normalized spacial score (nSPS) is 16.8. The van der Waals surface area contributed by atoms with Crippen molar-refractivity contribution in [2.75, 3.05) is 32.7 Å². The Morgan fingerprint density at radius 2 is 2.00 bits per heavy atom. The van der Waals surface area contributed by atoms with Crippen molar-refractivity contribution in [3.05, 3.63) is 46.5 Å². The summed E-state index contributed by atoms with van der Waals surface area (Å²) in [4.78, 5) is 16.6. The van der Waals surface area contributed by atoms with Crippen LogP contribution < -0.4 is 0 Å². The zero-order chi connectivity index (χ0) is 14.5. The van der Waals surface area contributed by atoms with Crippen LogP contribution in [0, 0.1) is 0 Å². The zero-order valence-corrected chi connectivity index (χ0v) is 12.8. The van der Waals surface area contributed by atoms with E-state index in [9.17, 15) is 4.79 Å². The molecule has 20 heavy (non-hydrogen) atoms. The number of hydrogen-bond acceptors (Lipinski definition) is 2. The highest BCUT2D eigenvalue weighted by molar-refractivity contribution is 6.42. The number of amides is 1. The van der Waals surface area contributed by atoms with E-state index in [2.05, 4.69) is 11.5 Å². The maximum Gasteiger partial charge on any atom is 0.253 e. The molecular formula is C15H18Cl2N2O. The molecule has 1 aliphatic rings.